The summed E-state index contributed by atoms with van der Waals surface area (Å²) in [5.41, 5.74) is 1.23. The molecule has 1 heterocycles. The number of halogens is 1. The first kappa shape index (κ1) is 25.0. The Morgan fingerprint density at radius 1 is 1.25 bits per heavy atom. The lowest BCUT2D eigenvalue weighted by Crippen LogP contribution is -2.41. The van der Waals surface area contributed by atoms with Gasteiger partial charge in [0.15, 0.2) is 5.96 Å². The molecule has 5 nitrogen and oxygen atoms in total. The molecule has 2 atom stereocenters. The highest BCUT2D eigenvalue weighted by Crippen LogP contribution is 2.18. The smallest absolute Gasteiger partial charge is 0.191 e. The van der Waals surface area contributed by atoms with Crippen LogP contribution in [0.15, 0.2) is 29.3 Å². The largest absolute Gasteiger partial charge is 0.493 e. The molecule has 0 bridgehead atoms. The first-order valence-corrected chi connectivity index (χ1v) is 10.4. The van der Waals surface area contributed by atoms with Crippen LogP contribution in [0, 0.1) is 11.8 Å². The Kier molecular flexibility index (Phi) is 11.8. The van der Waals surface area contributed by atoms with Gasteiger partial charge in [-0.1, -0.05) is 32.9 Å². The van der Waals surface area contributed by atoms with E-state index in [0.29, 0.717) is 11.8 Å². The first-order valence-electron chi connectivity index (χ1n) is 10.4. The van der Waals surface area contributed by atoms with E-state index >= 15 is 0 Å². The molecule has 2 N–H and O–H groups in total. The third-order valence-corrected chi connectivity index (χ3v) is 5.01. The highest BCUT2D eigenvalue weighted by atomic mass is 127. The number of rotatable bonds is 9. The minimum atomic E-state index is 0. The van der Waals surface area contributed by atoms with Crippen LogP contribution in [0.2, 0.25) is 0 Å². The van der Waals surface area contributed by atoms with Crippen molar-refractivity contribution in [3.05, 3.63) is 29.8 Å². The van der Waals surface area contributed by atoms with E-state index < -0.39 is 0 Å². The molecule has 1 saturated heterocycles. The van der Waals surface area contributed by atoms with Crippen molar-refractivity contribution in [1.82, 2.24) is 15.5 Å². The Morgan fingerprint density at radius 3 is 2.57 bits per heavy atom. The van der Waals surface area contributed by atoms with E-state index in [1.165, 1.54) is 38.0 Å². The molecule has 1 aromatic carbocycles. The first-order chi connectivity index (χ1) is 13.0. The van der Waals surface area contributed by atoms with Gasteiger partial charge in [-0.3, -0.25) is 4.99 Å². The number of hydrogen-bond donors (Lipinski definition) is 2. The third kappa shape index (κ3) is 8.55. The van der Waals surface area contributed by atoms with E-state index in [1.54, 1.807) is 0 Å². The van der Waals surface area contributed by atoms with Crippen LogP contribution in [-0.2, 0) is 0 Å². The Bertz CT molecular complexity index is 576. The lowest BCUT2D eigenvalue weighted by Gasteiger charge is -2.20. The fourth-order valence-corrected chi connectivity index (χ4v) is 3.44. The number of likely N-dealkylation sites (tertiary alicyclic amines) is 1. The van der Waals surface area contributed by atoms with Gasteiger partial charge in [0.25, 0.3) is 0 Å². The highest BCUT2D eigenvalue weighted by Gasteiger charge is 2.21. The predicted molar refractivity (Wildman–Crippen MR) is 130 cm³/mol. The summed E-state index contributed by atoms with van der Waals surface area (Å²) < 4.78 is 5.77. The van der Waals surface area contributed by atoms with Gasteiger partial charge in [0, 0.05) is 20.1 Å². The lowest BCUT2D eigenvalue weighted by atomic mass is 10.1. The van der Waals surface area contributed by atoms with Gasteiger partial charge in [-0.2, -0.15) is 0 Å². The van der Waals surface area contributed by atoms with Crippen LogP contribution in [0.4, 0.5) is 0 Å². The number of nitrogens with one attached hydrogen (secondary N) is 2. The zero-order valence-electron chi connectivity index (χ0n) is 18.2. The van der Waals surface area contributed by atoms with Gasteiger partial charge in [0.2, 0.25) is 0 Å². The minimum Gasteiger partial charge on any atom is -0.493 e. The molecule has 6 heteroatoms. The second kappa shape index (κ2) is 13.2. The minimum absolute atomic E-state index is 0. The molecular formula is C22H39IN4O. The summed E-state index contributed by atoms with van der Waals surface area (Å²) >= 11 is 0. The van der Waals surface area contributed by atoms with Crippen LogP contribution in [0.5, 0.6) is 5.75 Å². The summed E-state index contributed by atoms with van der Waals surface area (Å²) in [6.07, 6.45) is 2.51. The molecule has 160 valence electrons. The summed E-state index contributed by atoms with van der Waals surface area (Å²) in [7, 11) is 1.84. The van der Waals surface area contributed by atoms with E-state index in [4.69, 9.17) is 4.74 Å². The average molecular weight is 502 g/mol. The Morgan fingerprint density at radius 2 is 1.96 bits per heavy atom. The molecule has 28 heavy (non-hydrogen) atoms. The molecule has 1 fully saturated rings. The summed E-state index contributed by atoms with van der Waals surface area (Å²) in [6.45, 7) is 14.1. The van der Waals surface area contributed by atoms with Crippen molar-refractivity contribution < 1.29 is 4.74 Å². The third-order valence-electron chi connectivity index (χ3n) is 5.01. The Hall–Kier alpha value is -1.02. The van der Waals surface area contributed by atoms with Crippen LogP contribution >= 0.6 is 24.0 Å². The molecule has 1 aliphatic rings. The molecule has 2 unspecified atom stereocenters. The van der Waals surface area contributed by atoms with E-state index in [1.807, 2.05) is 19.2 Å². The van der Waals surface area contributed by atoms with Crippen molar-refractivity contribution in [2.24, 2.45) is 16.8 Å². The van der Waals surface area contributed by atoms with Gasteiger partial charge >= 0.3 is 0 Å². The van der Waals surface area contributed by atoms with Crippen LogP contribution < -0.4 is 15.4 Å². The number of aliphatic imine (C=N–C) groups is 1. The fourth-order valence-electron chi connectivity index (χ4n) is 3.44. The van der Waals surface area contributed by atoms with Crippen molar-refractivity contribution in [3.63, 3.8) is 0 Å². The maximum Gasteiger partial charge on any atom is 0.191 e. The normalized spacial score (nSPS) is 18.6. The molecule has 0 radical (unpaired) electrons. The highest BCUT2D eigenvalue weighted by molar-refractivity contribution is 14.0. The van der Waals surface area contributed by atoms with Crippen molar-refractivity contribution >= 4 is 29.9 Å². The van der Waals surface area contributed by atoms with Crippen molar-refractivity contribution in [2.45, 2.75) is 46.6 Å². The average Bonchev–Trinajstić information content (AvgIpc) is 3.11. The Labute approximate surface area is 188 Å². The van der Waals surface area contributed by atoms with Gasteiger partial charge in [0.1, 0.15) is 5.75 Å². The molecule has 0 aromatic heterocycles. The van der Waals surface area contributed by atoms with E-state index in [2.05, 4.69) is 60.4 Å². The van der Waals surface area contributed by atoms with Crippen LogP contribution in [-0.4, -0.2) is 50.7 Å². The van der Waals surface area contributed by atoms with Crippen molar-refractivity contribution in [2.75, 3.05) is 39.8 Å². The molecule has 1 aromatic rings. The maximum atomic E-state index is 5.77. The van der Waals surface area contributed by atoms with Crippen LogP contribution in [0.1, 0.15) is 52.1 Å². The molecule has 1 aliphatic heterocycles. The number of guanidine groups is 1. The quantitative estimate of drug-likeness (QED) is 0.301. The van der Waals surface area contributed by atoms with Gasteiger partial charge in [0.05, 0.1) is 12.6 Å². The van der Waals surface area contributed by atoms with Gasteiger partial charge in [-0.25, -0.2) is 0 Å². The molecule has 0 spiro atoms. The zero-order chi connectivity index (χ0) is 19.6. The maximum absolute atomic E-state index is 5.77. The molecular weight excluding hydrogens is 463 g/mol. The van der Waals surface area contributed by atoms with E-state index in [0.717, 1.165) is 24.9 Å². The Balaban J connectivity index is 0.00000392. The number of benzene rings is 1. The standard InChI is InChI=1S/C22H38N4O.HI/c1-6-12-26-13-11-19(15-26)14-24-22(23-5)25-18(4)20-7-9-21(10-8-20)27-16-17(2)3;/h7-10,17-19H,6,11-16H2,1-5H3,(H2,23,24,25);1H. The van der Waals surface area contributed by atoms with Gasteiger partial charge in [-0.05, 0) is 62.4 Å². The molecule has 2 rings (SSSR count). The molecule has 0 aliphatic carbocycles. The second-order valence-electron chi connectivity index (χ2n) is 8.05. The predicted octanol–water partition coefficient (Wildman–Crippen LogP) is 4.30. The number of nitrogens with zero attached hydrogens (tertiary/aromatic N) is 2. The number of hydrogen-bond acceptors (Lipinski definition) is 3. The molecule has 0 saturated carbocycles. The summed E-state index contributed by atoms with van der Waals surface area (Å²) in [4.78, 5) is 6.96. The SMILES string of the molecule is CCCN1CCC(CNC(=NC)NC(C)c2ccc(OCC(C)C)cc2)C1.I. The van der Waals surface area contributed by atoms with Crippen molar-refractivity contribution in [3.8, 4) is 5.75 Å². The number of ether oxygens (including phenoxy) is 1. The lowest BCUT2D eigenvalue weighted by molar-refractivity contribution is 0.271. The topological polar surface area (TPSA) is 48.9 Å². The summed E-state index contributed by atoms with van der Waals surface area (Å²) in [5, 5.41) is 7.00. The van der Waals surface area contributed by atoms with E-state index in [9.17, 15) is 0 Å². The van der Waals surface area contributed by atoms with Crippen LogP contribution in [0.3, 0.4) is 0 Å². The van der Waals surface area contributed by atoms with Crippen molar-refractivity contribution in [1.29, 1.82) is 0 Å². The van der Waals surface area contributed by atoms with E-state index in [-0.39, 0.29) is 30.0 Å². The van der Waals surface area contributed by atoms with Gasteiger partial charge in [-0.15, -0.1) is 24.0 Å². The monoisotopic (exact) mass is 502 g/mol. The summed E-state index contributed by atoms with van der Waals surface area (Å²) in [5.74, 6) is 3.05. The van der Waals surface area contributed by atoms with Gasteiger partial charge < -0.3 is 20.3 Å². The molecule has 0 amide bonds. The fraction of sp³-hybridized carbons (Fsp3) is 0.682. The second-order valence-corrected chi connectivity index (χ2v) is 8.05. The zero-order valence-corrected chi connectivity index (χ0v) is 20.5. The summed E-state index contributed by atoms with van der Waals surface area (Å²) in [6, 6.07) is 8.54. The van der Waals surface area contributed by atoms with Crippen LogP contribution in [0.25, 0.3) is 0 Å².